The molecule has 0 spiro atoms. The van der Waals surface area contributed by atoms with Gasteiger partial charge in [-0.05, 0) is 80.5 Å². The van der Waals surface area contributed by atoms with E-state index in [1.54, 1.807) is 18.2 Å². The van der Waals surface area contributed by atoms with E-state index >= 15 is 0 Å². The minimum atomic E-state index is -0.984. The van der Waals surface area contributed by atoms with Gasteiger partial charge in [-0.3, -0.25) is 39.1 Å². The molecule has 1 atom stereocenters. The van der Waals surface area contributed by atoms with Crippen LogP contribution in [0.3, 0.4) is 0 Å². The fourth-order valence-corrected chi connectivity index (χ4v) is 7.25. The number of fused-ring (bicyclic) bond motifs is 1. The van der Waals surface area contributed by atoms with Crippen LogP contribution in [0, 0.1) is 5.92 Å². The van der Waals surface area contributed by atoms with E-state index in [1.807, 2.05) is 12.3 Å². The molecule has 3 saturated carbocycles. The van der Waals surface area contributed by atoms with Crippen LogP contribution in [0.1, 0.15) is 101 Å². The number of imide groups is 2. The second kappa shape index (κ2) is 10.4. The Kier molecular flexibility index (Phi) is 6.40. The third-order valence-corrected chi connectivity index (χ3v) is 10.0. The highest BCUT2D eigenvalue weighted by Gasteiger charge is 2.46. The second-order valence-electron chi connectivity index (χ2n) is 13.0. The fourth-order valence-electron chi connectivity index (χ4n) is 7.25. The normalized spacial score (nSPS) is 27.9. The molecule has 0 bridgehead atoms. The third-order valence-electron chi connectivity index (χ3n) is 10.0. The monoisotopic (exact) mass is 594 g/mol. The van der Waals surface area contributed by atoms with E-state index in [0.29, 0.717) is 30.0 Å². The van der Waals surface area contributed by atoms with Gasteiger partial charge in [0.1, 0.15) is 6.04 Å². The molecule has 1 saturated heterocycles. The smallest absolute Gasteiger partial charge is 0.264 e. The number of aliphatic hydroxyl groups excluding tert-OH is 1. The van der Waals surface area contributed by atoms with Gasteiger partial charge in [-0.15, -0.1) is 0 Å². The van der Waals surface area contributed by atoms with Crippen molar-refractivity contribution in [3.8, 4) is 11.3 Å². The number of aromatic nitrogens is 3. The molecule has 4 heterocycles. The third kappa shape index (κ3) is 4.52. The van der Waals surface area contributed by atoms with Crippen LogP contribution in [0.2, 0.25) is 0 Å². The van der Waals surface area contributed by atoms with Crippen molar-refractivity contribution < 1.29 is 24.3 Å². The predicted octanol–water partition coefficient (Wildman–Crippen LogP) is 3.53. The van der Waals surface area contributed by atoms with Crippen molar-refractivity contribution in [3.63, 3.8) is 0 Å². The average Bonchev–Trinajstić information content (AvgIpc) is 3.68. The first-order valence-electron chi connectivity index (χ1n) is 15.7. The van der Waals surface area contributed by atoms with Gasteiger partial charge in [-0.2, -0.15) is 5.10 Å². The number of aliphatic hydroxyl groups is 1. The molecule has 3 N–H and O–H groups in total. The number of nitrogens with zero attached hydrogens (tertiary/aromatic N) is 4. The highest BCUT2D eigenvalue weighted by atomic mass is 16.3. The summed E-state index contributed by atoms with van der Waals surface area (Å²) in [6.45, 7) is 0.644. The zero-order chi connectivity index (χ0) is 30.1. The maximum atomic E-state index is 13.4. The summed E-state index contributed by atoms with van der Waals surface area (Å²) in [6.07, 6.45) is 9.74. The van der Waals surface area contributed by atoms with Gasteiger partial charge in [-0.1, -0.05) is 12.1 Å². The Morgan fingerprint density at radius 2 is 1.75 bits per heavy atom. The summed E-state index contributed by atoms with van der Waals surface area (Å²) in [6, 6.07) is 8.55. The van der Waals surface area contributed by atoms with Gasteiger partial charge in [0.15, 0.2) is 0 Å². The van der Waals surface area contributed by atoms with E-state index in [2.05, 4.69) is 27.6 Å². The summed E-state index contributed by atoms with van der Waals surface area (Å²) in [5.74, 6) is -0.832. The summed E-state index contributed by atoms with van der Waals surface area (Å²) < 4.78 is 2.12. The Hall–Kier alpha value is -4.38. The van der Waals surface area contributed by atoms with Crippen molar-refractivity contribution in [2.45, 2.75) is 81.4 Å². The van der Waals surface area contributed by atoms with E-state index in [0.717, 1.165) is 60.4 Å². The number of amides is 4. The number of carbonyl (C=O) groups is 4. The molecular weight excluding hydrogens is 560 g/mol. The Morgan fingerprint density at radius 3 is 2.50 bits per heavy atom. The van der Waals surface area contributed by atoms with E-state index in [9.17, 15) is 24.3 Å². The summed E-state index contributed by atoms with van der Waals surface area (Å²) in [4.78, 5) is 56.4. The summed E-state index contributed by atoms with van der Waals surface area (Å²) in [7, 11) is 0. The lowest BCUT2D eigenvalue weighted by Crippen LogP contribution is -2.54. The molecule has 3 aliphatic carbocycles. The Morgan fingerprint density at radius 1 is 0.932 bits per heavy atom. The Balaban J connectivity index is 0.950. The first kappa shape index (κ1) is 27.2. The first-order chi connectivity index (χ1) is 21.4. The number of benzene rings is 1. The van der Waals surface area contributed by atoms with Crippen LogP contribution in [-0.4, -0.2) is 67.1 Å². The number of nitrogens with one attached hydrogen (secondary N) is 2. The molecule has 4 fully saturated rings. The molecule has 44 heavy (non-hydrogen) atoms. The van der Waals surface area contributed by atoms with Gasteiger partial charge < -0.3 is 10.4 Å². The van der Waals surface area contributed by atoms with E-state index in [-0.39, 0.29) is 36.1 Å². The van der Waals surface area contributed by atoms with Gasteiger partial charge in [0.2, 0.25) is 11.8 Å². The van der Waals surface area contributed by atoms with Crippen LogP contribution in [-0.2, 0) is 9.59 Å². The molecule has 4 amide bonds. The SMILES string of the molecule is O=C1CCC(N2C(=O)c3cccc(NCC4CC(n5cc(-c6ncccc6C6CC(O)C6)c(C6CC6)n5)C4)c3C2=O)C(=O)N1. The molecule has 2 aromatic heterocycles. The number of carbonyl (C=O) groups excluding carboxylic acids is 4. The zero-order valence-electron chi connectivity index (χ0n) is 24.2. The van der Waals surface area contributed by atoms with Crippen molar-refractivity contribution in [1.82, 2.24) is 25.0 Å². The molecule has 5 aliphatic rings. The fraction of sp³-hybridized carbons (Fsp3) is 0.455. The van der Waals surface area contributed by atoms with E-state index in [4.69, 9.17) is 10.1 Å². The molecule has 11 heteroatoms. The molecule has 3 aromatic rings. The molecule has 226 valence electrons. The standard InChI is InChI=1S/C33H34N6O5/c40-21-13-19(14-21)22-4-2-10-34-30(22)24-16-38(37-29(24)18-6-7-18)20-11-17(12-20)15-35-25-5-1-3-23-28(25)33(44)39(32(23)43)26-8-9-27(41)36-31(26)42/h1-5,10,16-21,26,35,40H,6-9,11-15H2,(H,36,41,42). The average molecular weight is 595 g/mol. The van der Waals surface area contributed by atoms with Crippen molar-refractivity contribution in [2.24, 2.45) is 5.92 Å². The predicted molar refractivity (Wildman–Crippen MR) is 159 cm³/mol. The quantitative estimate of drug-likeness (QED) is 0.336. The number of anilines is 1. The molecule has 0 radical (unpaired) electrons. The van der Waals surface area contributed by atoms with Crippen LogP contribution < -0.4 is 10.6 Å². The topological polar surface area (TPSA) is 147 Å². The number of piperidine rings is 1. The molecule has 1 aromatic carbocycles. The van der Waals surface area contributed by atoms with Crippen LogP contribution >= 0.6 is 0 Å². The van der Waals surface area contributed by atoms with E-state index < -0.39 is 29.7 Å². The minimum absolute atomic E-state index is 0.0886. The summed E-state index contributed by atoms with van der Waals surface area (Å²) in [5.41, 5.74) is 5.60. The second-order valence-corrected chi connectivity index (χ2v) is 13.0. The van der Waals surface area contributed by atoms with Gasteiger partial charge in [0, 0.05) is 42.5 Å². The molecule has 2 aliphatic heterocycles. The first-order valence-corrected chi connectivity index (χ1v) is 15.7. The number of pyridine rings is 1. The molecule has 11 nitrogen and oxygen atoms in total. The Labute approximate surface area is 254 Å². The molecular formula is C33H34N6O5. The summed E-state index contributed by atoms with van der Waals surface area (Å²) in [5, 5.41) is 20.6. The van der Waals surface area contributed by atoms with Gasteiger partial charge >= 0.3 is 0 Å². The highest BCUT2D eigenvalue weighted by molar-refractivity contribution is 6.25. The number of hydrogen-bond donors (Lipinski definition) is 3. The van der Waals surface area contributed by atoms with Crippen LogP contribution in [0.5, 0.6) is 0 Å². The van der Waals surface area contributed by atoms with Gasteiger partial charge in [0.25, 0.3) is 11.8 Å². The highest BCUT2D eigenvalue weighted by Crippen LogP contribution is 2.48. The van der Waals surface area contributed by atoms with Crippen molar-refractivity contribution >= 4 is 29.3 Å². The largest absolute Gasteiger partial charge is 0.393 e. The molecule has 8 rings (SSSR count). The maximum absolute atomic E-state index is 13.4. The minimum Gasteiger partial charge on any atom is -0.393 e. The van der Waals surface area contributed by atoms with Crippen LogP contribution in [0.4, 0.5) is 5.69 Å². The van der Waals surface area contributed by atoms with Gasteiger partial charge in [-0.25, -0.2) is 0 Å². The maximum Gasteiger partial charge on any atom is 0.264 e. The lowest BCUT2D eigenvalue weighted by molar-refractivity contribution is -0.136. The van der Waals surface area contributed by atoms with Crippen LogP contribution in [0.15, 0.2) is 42.7 Å². The lowest BCUT2D eigenvalue weighted by atomic mass is 9.76. The lowest BCUT2D eigenvalue weighted by Gasteiger charge is -2.36. The van der Waals surface area contributed by atoms with Crippen molar-refractivity contribution in [2.75, 3.05) is 11.9 Å². The summed E-state index contributed by atoms with van der Waals surface area (Å²) >= 11 is 0. The van der Waals surface area contributed by atoms with Crippen LogP contribution in [0.25, 0.3) is 11.3 Å². The van der Waals surface area contributed by atoms with E-state index in [1.165, 1.54) is 5.56 Å². The number of hydrogen-bond acceptors (Lipinski definition) is 8. The Bertz CT molecular complexity index is 1700. The zero-order valence-corrected chi connectivity index (χ0v) is 24.2. The van der Waals surface area contributed by atoms with Crippen molar-refractivity contribution in [1.29, 1.82) is 0 Å². The van der Waals surface area contributed by atoms with Crippen molar-refractivity contribution in [3.05, 3.63) is 65.1 Å². The number of rotatable bonds is 8. The van der Waals surface area contributed by atoms with Gasteiger partial charge in [0.05, 0.1) is 34.7 Å². The molecule has 1 unspecified atom stereocenters.